The molecule has 0 unspecified atom stereocenters. The largest absolute Gasteiger partial charge is 0.505 e. The third-order valence-corrected chi connectivity index (χ3v) is 5.11. The number of nitrogens with zero attached hydrogens (tertiary/aromatic N) is 2. The molecule has 0 saturated carbocycles. The lowest BCUT2D eigenvalue weighted by atomic mass is 9.99. The number of aromatic nitrogens is 1. The number of aliphatic carboxylic acids is 1. The van der Waals surface area contributed by atoms with Crippen LogP contribution in [0.2, 0.25) is 5.02 Å². The molecular weight excluding hydrogens is 434 g/mol. The molecule has 32 heavy (non-hydrogen) atoms. The molecule has 0 atom stereocenters. The van der Waals surface area contributed by atoms with Crippen molar-refractivity contribution in [1.29, 1.82) is 0 Å². The van der Waals surface area contributed by atoms with Gasteiger partial charge in [0.15, 0.2) is 5.69 Å². The summed E-state index contributed by atoms with van der Waals surface area (Å²) < 4.78 is 1.23. The molecule has 3 rings (SSSR count). The summed E-state index contributed by atoms with van der Waals surface area (Å²) in [6.45, 7) is 1.75. The van der Waals surface area contributed by atoms with Gasteiger partial charge in [0.1, 0.15) is 5.75 Å². The predicted octanol–water partition coefficient (Wildman–Crippen LogP) is 4.04. The van der Waals surface area contributed by atoms with Crippen molar-refractivity contribution in [3.05, 3.63) is 75.7 Å². The lowest BCUT2D eigenvalue weighted by molar-refractivity contribution is -0.136. The van der Waals surface area contributed by atoms with Crippen LogP contribution in [0.15, 0.2) is 59.5 Å². The van der Waals surface area contributed by atoms with Gasteiger partial charge in [-0.2, -0.15) is 0 Å². The summed E-state index contributed by atoms with van der Waals surface area (Å²) in [6.07, 6.45) is 1.09. The van der Waals surface area contributed by atoms with Crippen molar-refractivity contribution < 1.29 is 19.8 Å². The molecule has 0 radical (unpaired) electrons. The molecule has 0 bridgehead atoms. The number of benzene rings is 2. The molecule has 3 N–H and O–H groups in total. The maximum absolute atomic E-state index is 13.1. The lowest BCUT2D eigenvalue weighted by Crippen LogP contribution is -2.41. The number of carboxylic acid groups (broad SMARTS) is 1. The van der Waals surface area contributed by atoms with E-state index >= 15 is 0 Å². The molecule has 9 heteroatoms. The Hall–Kier alpha value is -3.78. The number of carbonyl (C=O) groups excluding carboxylic acids is 1. The fourth-order valence-corrected chi connectivity index (χ4v) is 3.43. The Morgan fingerprint density at radius 2 is 1.91 bits per heavy atom. The zero-order valence-corrected chi connectivity index (χ0v) is 18.3. The third-order valence-electron chi connectivity index (χ3n) is 4.88. The predicted molar refractivity (Wildman–Crippen MR) is 123 cm³/mol. The summed E-state index contributed by atoms with van der Waals surface area (Å²) in [5.41, 5.74) is 1.98. The normalized spacial score (nSPS) is 10.6. The highest BCUT2D eigenvalue weighted by atomic mass is 35.5. The van der Waals surface area contributed by atoms with Crippen LogP contribution in [-0.2, 0) is 11.8 Å². The van der Waals surface area contributed by atoms with Gasteiger partial charge < -0.3 is 20.1 Å². The summed E-state index contributed by atoms with van der Waals surface area (Å²) in [7, 11) is 1.50. The second-order valence-electron chi connectivity index (χ2n) is 7.19. The number of amides is 2. The van der Waals surface area contributed by atoms with Crippen LogP contribution in [0.4, 0.5) is 16.2 Å². The first-order valence-electron chi connectivity index (χ1n) is 9.74. The molecule has 0 aliphatic heterocycles. The molecule has 8 nitrogen and oxygen atoms in total. The Balaban J connectivity index is 2.15. The molecular formula is C23H22ClN3O5. The lowest BCUT2D eigenvalue weighted by Gasteiger charge is -2.25. The van der Waals surface area contributed by atoms with Gasteiger partial charge in [-0.3, -0.25) is 14.5 Å². The number of aromatic hydroxyl groups is 1. The van der Waals surface area contributed by atoms with E-state index in [1.165, 1.54) is 23.9 Å². The van der Waals surface area contributed by atoms with Crippen LogP contribution >= 0.6 is 11.6 Å². The van der Waals surface area contributed by atoms with Crippen LogP contribution in [0.25, 0.3) is 11.1 Å². The van der Waals surface area contributed by atoms with E-state index in [4.69, 9.17) is 16.7 Å². The van der Waals surface area contributed by atoms with E-state index < -0.39 is 17.6 Å². The van der Waals surface area contributed by atoms with Gasteiger partial charge in [0.25, 0.3) is 5.56 Å². The highest BCUT2D eigenvalue weighted by molar-refractivity contribution is 6.30. The molecule has 0 saturated heterocycles. The van der Waals surface area contributed by atoms with Crippen LogP contribution in [0.5, 0.6) is 5.75 Å². The van der Waals surface area contributed by atoms with Crippen molar-refractivity contribution in [3.63, 3.8) is 0 Å². The van der Waals surface area contributed by atoms with Gasteiger partial charge in [0, 0.05) is 24.8 Å². The van der Waals surface area contributed by atoms with Gasteiger partial charge >= 0.3 is 12.0 Å². The average molecular weight is 456 g/mol. The number of hydrogen-bond donors (Lipinski definition) is 3. The number of pyridine rings is 1. The molecule has 2 amide bonds. The molecule has 2 aromatic carbocycles. The van der Waals surface area contributed by atoms with Crippen LogP contribution < -0.4 is 15.8 Å². The average Bonchev–Trinajstić information content (AvgIpc) is 2.74. The number of nitrogens with one attached hydrogen (secondary N) is 1. The molecule has 0 spiro atoms. The van der Waals surface area contributed by atoms with Crippen molar-refractivity contribution in [2.75, 3.05) is 11.4 Å². The number of hydrogen-bond acceptors (Lipinski definition) is 4. The Kier molecular flexibility index (Phi) is 6.85. The fourth-order valence-electron chi connectivity index (χ4n) is 3.24. The van der Waals surface area contributed by atoms with Gasteiger partial charge in [0.2, 0.25) is 0 Å². The monoisotopic (exact) mass is 455 g/mol. The van der Waals surface area contributed by atoms with Crippen LogP contribution in [0.1, 0.15) is 12.0 Å². The van der Waals surface area contributed by atoms with E-state index in [0.717, 1.165) is 21.6 Å². The number of aryl methyl sites for hydroxylation is 2. The van der Waals surface area contributed by atoms with Gasteiger partial charge in [-0.25, -0.2) is 4.79 Å². The maximum atomic E-state index is 13.1. The Morgan fingerprint density at radius 1 is 1.16 bits per heavy atom. The zero-order chi connectivity index (χ0) is 23.4. The third kappa shape index (κ3) is 4.92. The summed E-state index contributed by atoms with van der Waals surface area (Å²) in [5, 5.41) is 22.4. The highest BCUT2D eigenvalue weighted by Crippen LogP contribution is 2.34. The molecule has 3 aromatic rings. The number of rotatable bonds is 6. The molecule has 166 valence electrons. The second-order valence-corrected chi connectivity index (χ2v) is 7.62. The minimum atomic E-state index is -1.08. The van der Waals surface area contributed by atoms with Crippen molar-refractivity contribution in [3.8, 4) is 16.9 Å². The second kappa shape index (κ2) is 9.57. The summed E-state index contributed by atoms with van der Waals surface area (Å²) in [4.78, 5) is 37.8. The number of halogens is 1. The van der Waals surface area contributed by atoms with E-state index in [1.54, 1.807) is 36.4 Å². The van der Waals surface area contributed by atoms with Crippen molar-refractivity contribution >= 4 is 35.0 Å². The molecule has 0 aliphatic carbocycles. The van der Waals surface area contributed by atoms with E-state index in [9.17, 15) is 19.5 Å². The summed E-state index contributed by atoms with van der Waals surface area (Å²) >= 11 is 6.14. The first-order valence-corrected chi connectivity index (χ1v) is 10.1. The van der Waals surface area contributed by atoms with E-state index in [-0.39, 0.29) is 24.4 Å². The standard InChI is InChI=1S/C23H22ClN3O5/c1-14-6-7-17(13-18(14)15-4-3-5-16(24)12-15)27(23(32)25-10-8-20(29)30)21-19(28)9-11-26(2)22(21)31/h3-7,9,11-13,28H,8,10H2,1-2H3,(H,25,32)(H,29,30). The maximum Gasteiger partial charge on any atom is 0.326 e. The topological polar surface area (TPSA) is 112 Å². The van der Waals surface area contributed by atoms with Crippen molar-refractivity contribution in [2.45, 2.75) is 13.3 Å². The number of carboxylic acids is 1. The molecule has 0 aliphatic rings. The van der Waals surface area contributed by atoms with Crippen molar-refractivity contribution in [2.24, 2.45) is 7.05 Å². The first kappa shape index (κ1) is 22.9. The minimum absolute atomic E-state index is 0.147. The number of urea groups is 1. The van der Waals surface area contributed by atoms with Gasteiger partial charge in [-0.05, 0) is 53.9 Å². The number of anilines is 2. The summed E-state index contributed by atoms with van der Waals surface area (Å²) in [6, 6.07) is 12.9. The Bertz CT molecular complexity index is 1240. The number of carbonyl (C=O) groups is 2. The van der Waals surface area contributed by atoms with Crippen molar-refractivity contribution in [1.82, 2.24) is 9.88 Å². The summed E-state index contributed by atoms with van der Waals surface area (Å²) in [5.74, 6) is -1.46. The van der Waals surface area contributed by atoms with E-state index in [2.05, 4.69) is 5.32 Å². The van der Waals surface area contributed by atoms with Crippen LogP contribution in [-0.4, -0.2) is 33.3 Å². The smallest absolute Gasteiger partial charge is 0.326 e. The molecule has 1 heterocycles. The van der Waals surface area contributed by atoms with E-state index in [1.807, 2.05) is 13.0 Å². The van der Waals surface area contributed by atoms with Crippen LogP contribution in [0.3, 0.4) is 0 Å². The highest BCUT2D eigenvalue weighted by Gasteiger charge is 2.25. The van der Waals surface area contributed by atoms with Gasteiger partial charge in [0.05, 0.1) is 12.1 Å². The van der Waals surface area contributed by atoms with Crippen LogP contribution in [0, 0.1) is 6.92 Å². The van der Waals surface area contributed by atoms with Gasteiger partial charge in [-0.1, -0.05) is 29.8 Å². The van der Waals surface area contributed by atoms with Gasteiger partial charge in [-0.15, -0.1) is 0 Å². The Morgan fingerprint density at radius 3 is 2.59 bits per heavy atom. The quantitative estimate of drug-likeness (QED) is 0.519. The molecule has 1 aromatic heterocycles. The fraction of sp³-hybridized carbons (Fsp3) is 0.174. The Labute approximate surface area is 189 Å². The minimum Gasteiger partial charge on any atom is -0.505 e. The molecule has 0 fully saturated rings. The van der Waals surface area contributed by atoms with E-state index in [0.29, 0.717) is 10.7 Å². The SMILES string of the molecule is Cc1ccc(N(C(=O)NCCC(=O)O)c2c(O)ccn(C)c2=O)cc1-c1cccc(Cl)c1. The zero-order valence-electron chi connectivity index (χ0n) is 17.5. The first-order chi connectivity index (χ1) is 15.2.